The van der Waals surface area contributed by atoms with E-state index in [9.17, 15) is 18.1 Å². The molecular weight excluding hydrogens is 393 g/mol. The fourth-order valence-corrected chi connectivity index (χ4v) is 4.98. The lowest BCUT2D eigenvalue weighted by Gasteiger charge is -2.34. The van der Waals surface area contributed by atoms with E-state index in [4.69, 9.17) is 0 Å². The Morgan fingerprint density at radius 2 is 2.10 bits per heavy atom. The third-order valence-electron chi connectivity index (χ3n) is 5.09. The van der Waals surface area contributed by atoms with Crippen molar-refractivity contribution in [3.8, 4) is 6.07 Å². The van der Waals surface area contributed by atoms with Gasteiger partial charge in [-0.1, -0.05) is 19.9 Å². The zero-order chi connectivity index (χ0) is 21.0. The summed E-state index contributed by atoms with van der Waals surface area (Å²) in [5, 5.41) is 18.3. The van der Waals surface area contributed by atoms with E-state index in [2.05, 4.69) is 21.0 Å². The molecule has 1 fully saturated rings. The number of piperidine rings is 1. The van der Waals surface area contributed by atoms with Crippen molar-refractivity contribution in [1.82, 2.24) is 14.9 Å². The molecular formula is C20H24FN5O2S. The molecule has 1 aliphatic heterocycles. The molecule has 154 valence electrons. The third kappa shape index (κ3) is 4.54. The fourth-order valence-electron chi connectivity index (χ4n) is 3.69. The van der Waals surface area contributed by atoms with Gasteiger partial charge in [0, 0.05) is 19.1 Å². The van der Waals surface area contributed by atoms with Gasteiger partial charge in [0.2, 0.25) is 10.0 Å². The highest BCUT2D eigenvalue weighted by atomic mass is 32.2. The number of nitrogens with one attached hydrogen (secondary N) is 1. The first kappa shape index (κ1) is 21.1. The van der Waals surface area contributed by atoms with Crippen LogP contribution in [0.15, 0.2) is 29.2 Å². The van der Waals surface area contributed by atoms with Gasteiger partial charge in [-0.05, 0) is 49.4 Å². The molecule has 1 atom stereocenters. The summed E-state index contributed by atoms with van der Waals surface area (Å²) in [4.78, 5) is 1.81. The summed E-state index contributed by atoms with van der Waals surface area (Å²) in [6.45, 7) is 4.98. The van der Waals surface area contributed by atoms with Gasteiger partial charge in [-0.2, -0.15) is 10.4 Å². The Morgan fingerprint density at radius 1 is 1.31 bits per heavy atom. The first-order valence-corrected chi connectivity index (χ1v) is 11.2. The van der Waals surface area contributed by atoms with Gasteiger partial charge in [0.1, 0.15) is 17.4 Å². The molecule has 1 saturated heterocycles. The Kier molecular flexibility index (Phi) is 6.45. The number of aromatic nitrogens is 2. The Labute approximate surface area is 170 Å². The van der Waals surface area contributed by atoms with Crippen molar-refractivity contribution in [3.63, 3.8) is 0 Å². The molecule has 1 unspecified atom stereocenters. The number of rotatable bonds is 6. The van der Waals surface area contributed by atoms with E-state index in [1.807, 2.05) is 18.7 Å². The summed E-state index contributed by atoms with van der Waals surface area (Å²) in [5.41, 5.74) is 2.21. The summed E-state index contributed by atoms with van der Waals surface area (Å²) in [7, 11) is -3.84. The van der Waals surface area contributed by atoms with Gasteiger partial charge < -0.3 is 4.90 Å². The van der Waals surface area contributed by atoms with E-state index in [-0.39, 0.29) is 10.9 Å². The Bertz CT molecular complexity index is 1040. The van der Waals surface area contributed by atoms with Crippen molar-refractivity contribution in [2.45, 2.75) is 50.5 Å². The summed E-state index contributed by atoms with van der Waals surface area (Å²) < 4.78 is 41.3. The minimum atomic E-state index is -3.84. The Hall–Kier alpha value is -2.57. The average molecular weight is 418 g/mol. The number of anilines is 1. The molecule has 7 nitrogen and oxygen atoms in total. The van der Waals surface area contributed by atoms with Gasteiger partial charge in [0.25, 0.3) is 0 Å². The van der Waals surface area contributed by atoms with Crippen LogP contribution in [0, 0.1) is 17.1 Å². The number of aryl methyl sites for hydroxylation is 1. The molecule has 3 rings (SSSR count). The van der Waals surface area contributed by atoms with E-state index < -0.39 is 15.8 Å². The molecule has 0 amide bonds. The topological polar surface area (TPSA) is 99.0 Å². The summed E-state index contributed by atoms with van der Waals surface area (Å²) in [6, 6.07) is 6.82. The molecule has 9 heteroatoms. The van der Waals surface area contributed by atoms with Gasteiger partial charge >= 0.3 is 0 Å². The van der Waals surface area contributed by atoms with E-state index in [1.165, 1.54) is 18.2 Å². The zero-order valence-electron chi connectivity index (χ0n) is 16.5. The number of nitrogens with zero attached hydrogens (tertiary/aromatic N) is 4. The van der Waals surface area contributed by atoms with Crippen molar-refractivity contribution < 1.29 is 12.8 Å². The van der Waals surface area contributed by atoms with E-state index >= 15 is 0 Å². The van der Waals surface area contributed by atoms with Gasteiger partial charge in [-0.3, -0.25) is 0 Å². The van der Waals surface area contributed by atoms with Crippen LogP contribution < -0.4 is 9.62 Å². The van der Waals surface area contributed by atoms with Crippen molar-refractivity contribution in [2.24, 2.45) is 0 Å². The van der Waals surface area contributed by atoms with Crippen molar-refractivity contribution >= 4 is 15.8 Å². The van der Waals surface area contributed by atoms with Gasteiger partial charge in [-0.15, -0.1) is 5.10 Å². The normalized spacial score (nSPS) is 17.2. The molecule has 0 spiro atoms. The van der Waals surface area contributed by atoms with Crippen LogP contribution in [-0.2, 0) is 22.9 Å². The highest BCUT2D eigenvalue weighted by Gasteiger charge is 2.28. The minimum Gasteiger partial charge on any atom is -0.352 e. The van der Waals surface area contributed by atoms with E-state index in [0.29, 0.717) is 43.7 Å². The molecule has 0 saturated carbocycles. The first-order valence-electron chi connectivity index (χ1n) is 9.71. The van der Waals surface area contributed by atoms with Crippen LogP contribution >= 0.6 is 0 Å². The maximum atomic E-state index is 13.4. The number of benzene rings is 1. The smallest absolute Gasteiger partial charge is 0.240 e. The standard InChI is InChI=1S/C20H24FN5O2S/c1-3-17-18(12-22)20(24-23-19(17)4-2)26-10-6-8-15(13-26)25-29(27,28)16-9-5-7-14(21)11-16/h5,7,9,11,15,25H,3-4,6,8,10,13H2,1-2H3. The molecule has 0 bridgehead atoms. The molecule has 2 heterocycles. The number of nitriles is 1. The Morgan fingerprint density at radius 3 is 2.76 bits per heavy atom. The zero-order valence-corrected chi connectivity index (χ0v) is 17.3. The number of sulfonamides is 1. The van der Waals surface area contributed by atoms with Crippen molar-refractivity contribution in [3.05, 3.63) is 46.9 Å². The molecule has 1 aliphatic rings. The monoisotopic (exact) mass is 417 g/mol. The van der Waals surface area contributed by atoms with Crippen LogP contribution in [0.2, 0.25) is 0 Å². The van der Waals surface area contributed by atoms with Gasteiger partial charge in [0.05, 0.1) is 10.6 Å². The van der Waals surface area contributed by atoms with Crippen molar-refractivity contribution in [1.29, 1.82) is 5.26 Å². The molecule has 1 N–H and O–H groups in total. The van der Waals surface area contributed by atoms with Crippen LogP contribution in [0.3, 0.4) is 0 Å². The lowest BCUT2D eigenvalue weighted by atomic mass is 10.0. The highest BCUT2D eigenvalue weighted by molar-refractivity contribution is 7.89. The van der Waals surface area contributed by atoms with Crippen molar-refractivity contribution in [2.75, 3.05) is 18.0 Å². The fraction of sp³-hybridized carbons (Fsp3) is 0.450. The van der Waals surface area contributed by atoms with Crippen LogP contribution in [0.25, 0.3) is 0 Å². The highest BCUT2D eigenvalue weighted by Crippen LogP contribution is 2.26. The minimum absolute atomic E-state index is 0.104. The second-order valence-electron chi connectivity index (χ2n) is 7.01. The van der Waals surface area contributed by atoms with Crippen LogP contribution in [0.4, 0.5) is 10.2 Å². The number of hydrogen-bond donors (Lipinski definition) is 1. The second kappa shape index (κ2) is 8.84. The molecule has 0 aliphatic carbocycles. The SMILES string of the molecule is CCc1nnc(N2CCCC(NS(=O)(=O)c3cccc(F)c3)C2)c(C#N)c1CC. The quantitative estimate of drug-likeness (QED) is 0.776. The maximum absolute atomic E-state index is 13.4. The maximum Gasteiger partial charge on any atom is 0.240 e. The second-order valence-corrected chi connectivity index (χ2v) is 8.72. The predicted octanol–water partition coefficient (Wildman–Crippen LogP) is 2.56. The number of halogens is 1. The molecule has 1 aromatic heterocycles. The van der Waals surface area contributed by atoms with Gasteiger partial charge in [-0.25, -0.2) is 17.5 Å². The van der Waals surface area contributed by atoms with E-state index in [1.54, 1.807) is 0 Å². The first-order chi connectivity index (χ1) is 13.9. The van der Waals surface area contributed by atoms with E-state index in [0.717, 1.165) is 23.7 Å². The summed E-state index contributed by atoms with van der Waals surface area (Å²) in [6.07, 6.45) is 2.76. The summed E-state index contributed by atoms with van der Waals surface area (Å²) >= 11 is 0. The Balaban J connectivity index is 1.84. The number of hydrogen-bond acceptors (Lipinski definition) is 6. The van der Waals surface area contributed by atoms with Crippen LogP contribution in [0.1, 0.15) is 43.5 Å². The molecule has 2 aromatic rings. The molecule has 1 aromatic carbocycles. The molecule has 0 radical (unpaired) electrons. The van der Waals surface area contributed by atoms with Gasteiger partial charge in [0.15, 0.2) is 5.82 Å². The largest absolute Gasteiger partial charge is 0.352 e. The van der Waals surface area contributed by atoms with Crippen LogP contribution in [-0.4, -0.2) is 37.7 Å². The average Bonchev–Trinajstić information content (AvgIpc) is 2.72. The third-order valence-corrected chi connectivity index (χ3v) is 6.61. The lowest BCUT2D eigenvalue weighted by molar-refractivity contribution is 0.462. The summed E-state index contributed by atoms with van der Waals surface area (Å²) in [5.74, 6) is -0.105. The molecule has 29 heavy (non-hydrogen) atoms. The predicted molar refractivity (Wildman–Crippen MR) is 107 cm³/mol. The van der Waals surface area contributed by atoms with Crippen LogP contribution in [0.5, 0.6) is 0 Å². The lowest BCUT2D eigenvalue weighted by Crippen LogP contribution is -2.48.